The number of hydrogen-bond donors (Lipinski definition) is 4. The Morgan fingerprint density at radius 1 is 1.16 bits per heavy atom. The molecule has 10 heteroatoms. The third kappa shape index (κ3) is 3.03. The summed E-state index contributed by atoms with van der Waals surface area (Å²) in [5.41, 5.74) is 4.67. The van der Waals surface area contributed by atoms with Crippen LogP contribution in [0.4, 0.5) is 15.8 Å². The summed E-state index contributed by atoms with van der Waals surface area (Å²) in [4.78, 5) is 27.8. The minimum Gasteiger partial charge on any atom is -0.492 e. The molecule has 158 valence electrons. The molecule has 0 atom stereocenters. The number of para-hydroxylation sites is 1. The van der Waals surface area contributed by atoms with E-state index in [1.165, 1.54) is 20.3 Å². The van der Waals surface area contributed by atoms with Gasteiger partial charge < -0.3 is 30.1 Å². The fraction of sp³-hybridized carbons (Fsp3) is 0.190. The monoisotopic (exact) mass is 422 g/mol. The van der Waals surface area contributed by atoms with E-state index in [-0.39, 0.29) is 11.7 Å². The molecule has 0 aliphatic carbocycles. The van der Waals surface area contributed by atoms with E-state index in [4.69, 9.17) is 9.47 Å². The normalized spacial score (nSPS) is 13.1. The summed E-state index contributed by atoms with van der Waals surface area (Å²) in [6.45, 7) is 0.526. The van der Waals surface area contributed by atoms with Crippen molar-refractivity contribution < 1.29 is 18.7 Å². The summed E-state index contributed by atoms with van der Waals surface area (Å²) in [5, 5.41) is 6.08. The number of halogens is 1. The van der Waals surface area contributed by atoms with E-state index in [0.29, 0.717) is 52.8 Å². The Kier molecular flexibility index (Phi) is 4.46. The maximum Gasteiger partial charge on any atom is 0.295 e. The topological polar surface area (TPSA) is 117 Å². The third-order valence-corrected chi connectivity index (χ3v) is 5.23. The van der Waals surface area contributed by atoms with Crippen molar-refractivity contribution in [3.8, 4) is 23.0 Å². The molecule has 0 fully saturated rings. The molecule has 0 unspecified atom stereocenters. The van der Waals surface area contributed by atoms with Crippen LogP contribution in [0.3, 0.4) is 0 Å². The van der Waals surface area contributed by atoms with Gasteiger partial charge in [0.15, 0.2) is 17.2 Å². The van der Waals surface area contributed by atoms with Crippen LogP contribution < -0.4 is 20.1 Å². The van der Waals surface area contributed by atoms with Gasteiger partial charge in [-0.3, -0.25) is 4.79 Å². The number of carbonyl (C=O) groups excluding carboxylic acids is 1. The van der Waals surface area contributed by atoms with Gasteiger partial charge in [-0.05, 0) is 18.2 Å². The number of aromatic nitrogens is 4. The van der Waals surface area contributed by atoms with Gasteiger partial charge in [-0.15, -0.1) is 0 Å². The zero-order chi connectivity index (χ0) is 21.5. The number of hydrogen-bond acceptors (Lipinski definition) is 6. The predicted molar refractivity (Wildman–Crippen MR) is 112 cm³/mol. The molecule has 0 saturated heterocycles. The van der Waals surface area contributed by atoms with E-state index >= 15 is 0 Å². The highest BCUT2D eigenvalue weighted by Crippen LogP contribution is 2.41. The van der Waals surface area contributed by atoms with Crippen LogP contribution in [0.15, 0.2) is 30.5 Å². The molecule has 4 heterocycles. The molecule has 1 aliphatic heterocycles. The maximum atomic E-state index is 14.3. The first kappa shape index (κ1) is 18.9. The number of imidazole rings is 1. The zero-order valence-electron chi connectivity index (χ0n) is 16.8. The SMILES string of the molecule is COc1nc2nccc(-c3[nH]c4c(c3Nc3cccc(F)c3OC)C(=O)NCC4)c2[nH]1. The van der Waals surface area contributed by atoms with Crippen molar-refractivity contribution in [3.63, 3.8) is 0 Å². The summed E-state index contributed by atoms with van der Waals surface area (Å²) in [5.74, 6) is -0.663. The highest BCUT2D eigenvalue weighted by Gasteiger charge is 2.29. The number of benzene rings is 1. The van der Waals surface area contributed by atoms with Crippen molar-refractivity contribution in [2.24, 2.45) is 0 Å². The summed E-state index contributed by atoms with van der Waals surface area (Å²) >= 11 is 0. The largest absolute Gasteiger partial charge is 0.492 e. The van der Waals surface area contributed by atoms with Crippen molar-refractivity contribution in [2.45, 2.75) is 6.42 Å². The first-order chi connectivity index (χ1) is 15.1. The van der Waals surface area contributed by atoms with E-state index in [0.717, 1.165) is 11.3 Å². The second-order valence-electron chi connectivity index (χ2n) is 6.98. The van der Waals surface area contributed by atoms with Crippen molar-refractivity contribution in [1.82, 2.24) is 25.3 Å². The Bertz CT molecular complexity index is 1310. The molecule has 1 amide bonds. The molecule has 0 radical (unpaired) electrons. The number of amides is 1. The number of nitrogens with one attached hydrogen (secondary N) is 4. The van der Waals surface area contributed by atoms with E-state index in [2.05, 4.69) is 30.6 Å². The maximum absolute atomic E-state index is 14.3. The Balaban J connectivity index is 1.74. The number of pyridine rings is 1. The molecular weight excluding hydrogens is 403 g/mol. The minimum atomic E-state index is -0.507. The third-order valence-electron chi connectivity index (χ3n) is 5.23. The van der Waals surface area contributed by atoms with Crippen LogP contribution in [-0.2, 0) is 6.42 Å². The van der Waals surface area contributed by atoms with E-state index < -0.39 is 5.82 Å². The molecular formula is C21H19FN6O3. The van der Waals surface area contributed by atoms with Crippen LogP contribution in [0, 0.1) is 5.82 Å². The Morgan fingerprint density at radius 2 is 2.03 bits per heavy atom. The van der Waals surface area contributed by atoms with Gasteiger partial charge in [0.2, 0.25) is 0 Å². The molecule has 9 nitrogen and oxygen atoms in total. The first-order valence-electron chi connectivity index (χ1n) is 9.62. The smallest absolute Gasteiger partial charge is 0.295 e. The van der Waals surface area contributed by atoms with Gasteiger partial charge in [0.05, 0.1) is 42.4 Å². The molecule has 3 aromatic heterocycles. The number of fused-ring (bicyclic) bond motifs is 2. The number of methoxy groups -OCH3 is 2. The predicted octanol–water partition coefficient (Wildman–Crippen LogP) is 3.14. The lowest BCUT2D eigenvalue weighted by atomic mass is 10.0. The number of ether oxygens (including phenoxy) is 2. The van der Waals surface area contributed by atoms with Gasteiger partial charge in [-0.2, -0.15) is 4.98 Å². The number of rotatable bonds is 5. The quantitative estimate of drug-likeness (QED) is 0.393. The minimum absolute atomic E-state index is 0.0581. The lowest BCUT2D eigenvalue weighted by Crippen LogP contribution is -2.31. The van der Waals surface area contributed by atoms with Crippen molar-refractivity contribution >= 4 is 28.4 Å². The van der Waals surface area contributed by atoms with Gasteiger partial charge in [-0.25, -0.2) is 9.37 Å². The fourth-order valence-corrected chi connectivity index (χ4v) is 3.85. The lowest BCUT2D eigenvalue weighted by Gasteiger charge is -2.16. The Labute approximate surface area is 176 Å². The molecule has 0 bridgehead atoms. The molecule has 31 heavy (non-hydrogen) atoms. The molecule has 0 spiro atoms. The first-order valence-corrected chi connectivity index (χ1v) is 9.62. The van der Waals surface area contributed by atoms with E-state index in [1.54, 1.807) is 18.3 Å². The van der Waals surface area contributed by atoms with Gasteiger partial charge in [-0.1, -0.05) is 6.07 Å². The van der Waals surface area contributed by atoms with Gasteiger partial charge >= 0.3 is 0 Å². The lowest BCUT2D eigenvalue weighted by molar-refractivity contribution is 0.0947. The number of H-pyrrole nitrogens is 2. The molecule has 1 aromatic carbocycles. The number of aromatic amines is 2. The average Bonchev–Trinajstić information content (AvgIpc) is 3.36. The van der Waals surface area contributed by atoms with Crippen molar-refractivity contribution in [3.05, 3.63) is 47.5 Å². The Hall–Kier alpha value is -4.08. The van der Waals surface area contributed by atoms with E-state index in [9.17, 15) is 9.18 Å². The van der Waals surface area contributed by atoms with Crippen molar-refractivity contribution in [1.29, 1.82) is 0 Å². The van der Waals surface area contributed by atoms with Crippen LogP contribution in [0.5, 0.6) is 11.8 Å². The van der Waals surface area contributed by atoms with Crippen LogP contribution in [0.25, 0.3) is 22.4 Å². The summed E-state index contributed by atoms with van der Waals surface area (Å²) in [7, 11) is 2.91. The highest BCUT2D eigenvalue weighted by atomic mass is 19.1. The standard InChI is InChI=1S/C21H19FN6O3/c1-30-18-11(22)4-3-5-13(18)26-17-14-12(7-9-24-20(14)29)25-15(17)10-6-8-23-19-16(10)27-21(28-19)31-2/h3-6,8,25-26H,7,9H2,1-2H3,(H,24,29)(H,23,27,28). The second kappa shape index (κ2) is 7.31. The summed E-state index contributed by atoms with van der Waals surface area (Å²) < 4.78 is 24.7. The van der Waals surface area contributed by atoms with Gasteiger partial charge in [0.25, 0.3) is 11.9 Å². The second-order valence-corrected chi connectivity index (χ2v) is 6.98. The number of nitrogens with zero attached hydrogens (tertiary/aromatic N) is 2. The Morgan fingerprint density at radius 3 is 2.84 bits per heavy atom. The zero-order valence-corrected chi connectivity index (χ0v) is 16.8. The molecule has 0 saturated carbocycles. The summed E-state index contributed by atoms with van der Waals surface area (Å²) in [6.07, 6.45) is 2.26. The molecule has 4 N–H and O–H groups in total. The molecule has 5 rings (SSSR count). The van der Waals surface area contributed by atoms with Gasteiger partial charge in [0, 0.05) is 30.4 Å². The van der Waals surface area contributed by atoms with E-state index in [1.807, 2.05) is 6.07 Å². The summed E-state index contributed by atoms with van der Waals surface area (Å²) in [6, 6.07) is 6.71. The van der Waals surface area contributed by atoms with Gasteiger partial charge in [0.1, 0.15) is 0 Å². The van der Waals surface area contributed by atoms with Crippen LogP contribution in [-0.4, -0.2) is 46.6 Å². The highest BCUT2D eigenvalue weighted by molar-refractivity contribution is 6.08. The number of carbonyl (C=O) groups is 1. The number of anilines is 2. The van der Waals surface area contributed by atoms with Crippen LogP contribution in [0.2, 0.25) is 0 Å². The molecule has 1 aliphatic rings. The van der Waals surface area contributed by atoms with Crippen molar-refractivity contribution in [2.75, 3.05) is 26.1 Å². The van der Waals surface area contributed by atoms with Crippen LogP contribution >= 0.6 is 0 Å². The molecule has 4 aromatic rings. The average molecular weight is 422 g/mol. The van der Waals surface area contributed by atoms with Crippen LogP contribution in [0.1, 0.15) is 16.1 Å². The fourth-order valence-electron chi connectivity index (χ4n) is 3.85.